The molecule has 2 aromatic carbocycles. The van der Waals surface area contributed by atoms with E-state index in [0.29, 0.717) is 17.3 Å². The van der Waals surface area contributed by atoms with Gasteiger partial charge in [-0.2, -0.15) is 0 Å². The molecule has 1 atom stereocenters. The van der Waals surface area contributed by atoms with Crippen LogP contribution in [0.15, 0.2) is 42.5 Å². The number of nitrogens with one attached hydrogen (secondary N) is 2. The second kappa shape index (κ2) is 9.90. The van der Waals surface area contributed by atoms with Crippen molar-refractivity contribution in [2.75, 3.05) is 63.6 Å². The van der Waals surface area contributed by atoms with Gasteiger partial charge in [0.15, 0.2) is 0 Å². The highest BCUT2D eigenvalue weighted by Gasteiger charge is 2.27. The number of halogens is 1. The Morgan fingerprint density at radius 3 is 2.50 bits per heavy atom. The first-order chi connectivity index (χ1) is 15.4. The van der Waals surface area contributed by atoms with Crippen molar-refractivity contribution in [2.24, 2.45) is 0 Å². The van der Waals surface area contributed by atoms with Crippen LogP contribution in [-0.2, 0) is 16.0 Å². The second-order valence-corrected chi connectivity index (χ2v) is 8.97. The van der Waals surface area contributed by atoms with Gasteiger partial charge in [0.1, 0.15) is 0 Å². The number of para-hydroxylation sites is 1. The van der Waals surface area contributed by atoms with Crippen molar-refractivity contribution in [3.8, 4) is 0 Å². The lowest BCUT2D eigenvalue weighted by Gasteiger charge is -2.38. The summed E-state index contributed by atoms with van der Waals surface area (Å²) in [6.45, 7) is 5.18. The molecule has 0 aromatic heterocycles. The minimum absolute atomic E-state index is 0.0111. The zero-order valence-electron chi connectivity index (χ0n) is 18.6. The van der Waals surface area contributed by atoms with Crippen LogP contribution in [-0.4, -0.2) is 75.0 Å². The molecule has 2 amide bonds. The number of piperazine rings is 1. The van der Waals surface area contributed by atoms with Crippen molar-refractivity contribution in [3.63, 3.8) is 0 Å². The minimum Gasteiger partial charge on any atom is -0.374 e. The van der Waals surface area contributed by atoms with E-state index in [2.05, 4.69) is 57.6 Å². The summed E-state index contributed by atoms with van der Waals surface area (Å²) in [5, 5.41) is 5.83. The Balaban J connectivity index is 1.46. The van der Waals surface area contributed by atoms with Gasteiger partial charge in [-0.15, -0.1) is 0 Å². The maximum Gasteiger partial charge on any atom is 0.313 e. The van der Waals surface area contributed by atoms with Gasteiger partial charge in [-0.3, -0.25) is 14.5 Å². The van der Waals surface area contributed by atoms with Crippen LogP contribution in [0.3, 0.4) is 0 Å². The number of hydrogen-bond acceptors (Lipinski definition) is 5. The maximum atomic E-state index is 12.6. The lowest BCUT2D eigenvalue weighted by molar-refractivity contribution is -0.136. The third-order valence-electron chi connectivity index (χ3n) is 6.38. The first kappa shape index (κ1) is 22.6. The molecular weight excluding hydrogens is 426 g/mol. The highest BCUT2D eigenvalue weighted by Crippen LogP contribution is 2.31. The number of likely N-dealkylation sites (N-methyl/N-ethyl adjacent to an activating group) is 2. The fourth-order valence-electron chi connectivity index (χ4n) is 4.40. The highest BCUT2D eigenvalue weighted by atomic mass is 35.5. The molecule has 170 valence electrons. The van der Waals surface area contributed by atoms with Gasteiger partial charge in [-0.25, -0.2) is 0 Å². The zero-order valence-corrected chi connectivity index (χ0v) is 19.4. The van der Waals surface area contributed by atoms with E-state index >= 15 is 0 Å². The molecule has 0 spiro atoms. The lowest BCUT2D eigenvalue weighted by Crippen LogP contribution is -2.49. The first-order valence-corrected chi connectivity index (χ1v) is 11.4. The molecule has 1 fully saturated rings. The number of carbonyl (C=O) groups excluding carboxylic acids is 2. The van der Waals surface area contributed by atoms with Gasteiger partial charge in [-0.05, 0) is 42.8 Å². The standard InChI is InChI=1S/C24H30ClN5O2/c1-28-11-13-30(14-12-28)22(17-7-8-21-18(15-17)9-10-29(21)2)16-26-23(31)24(32)27-20-6-4-3-5-19(20)25/h3-8,15,22H,9-14,16H2,1-2H3,(H,26,31)(H,27,32)/t22-/m0/s1. The van der Waals surface area contributed by atoms with Crippen molar-refractivity contribution in [3.05, 3.63) is 58.6 Å². The van der Waals surface area contributed by atoms with E-state index in [9.17, 15) is 9.59 Å². The third-order valence-corrected chi connectivity index (χ3v) is 6.71. The van der Waals surface area contributed by atoms with Gasteiger partial charge in [0.2, 0.25) is 0 Å². The van der Waals surface area contributed by atoms with E-state index in [4.69, 9.17) is 11.6 Å². The molecule has 2 aliphatic rings. The van der Waals surface area contributed by atoms with E-state index in [-0.39, 0.29) is 6.04 Å². The summed E-state index contributed by atoms with van der Waals surface area (Å²) in [4.78, 5) is 31.9. The number of amides is 2. The first-order valence-electron chi connectivity index (χ1n) is 11.0. The number of rotatable bonds is 5. The van der Waals surface area contributed by atoms with Gasteiger partial charge < -0.3 is 20.4 Å². The minimum atomic E-state index is -0.717. The molecule has 0 saturated carbocycles. The monoisotopic (exact) mass is 455 g/mol. The van der Waals surface area contributed by atoms with Crippen molar-refractivity contribution >= 4 is 34.8 Å². The fourth-order valence-corrected chi connectivity index (χ4v) is 4.58. The lowest BCUT2D eigenvalue weighted by atomic mass is 10.00. The molecule has 8 heteroatoms. The van der Waals surface area contributed by atoms with Crippen LogP contribution in [0.4, 0.5) is 11.4 Å². The zero-order chi connectivity index (χ0) is 22.7. The average Bonchev–Trinajstić information content (AvgIpc) is 3.16. The predicted octanol–water partition coefficient (Wildman–Crippen LogP) is 2.38. The molecule has 0 bridgehead atoms. The van der Waals surface area contributed by atoms with Crippen LogP contribution in [0.25, 0.3) is 0 Å². The van der Waals surface area contributed by atoms with E-state index in [1.807, 2.05) is 0 Å². The highest BCUT2D eigenvalue weighted by molar-refractivity contribution is 6.41. The summed E-state index contributed by atoms with van der Waals surface area (Å²) < 4.78 is 0. The smallest absolute Gasteiger partial charge is 0.313 e. The van der Waals surface area contributed by atoms with Crippen molar-refractivity contribution in [2.45, 2.75) is 12.5 Å². The van der Waals surface area contributed by atoms with Crippen molar-refractivity contribution in [1.29, 1.82) is 0 Å². The van der Waals surface area contributed by atoms with Crippen molar-refractivity contribution < 1.29 is 9.59 Å². The summed E-state index contributed by atoms with van der Waals surface area (Å²) in [7, 11) is 4.24. The molecule has 7 nitrogen and oxygen atoms in total. The van der Waals surface area contributed by atoms with Gasteiger partial charge >= 0.3 is 11.8 Å². The van der Waals surface area contributed by atoms with E-state index in [1.54, 1.807) is 24.3 Å². The van der Waals surface area contributed by atoms with E-state index in [0.717, 1.165) is 39.1 Å². The Labute approximate surface area is 194 Å². The topological polar surface area (TPSA) is 67.9 Å². The van der Waals surface area contributed by atoms with Crippen LogP contribution < -0.4 is 15.5 Å². The van der Waals surface area contributed by atoms with Crippen LogP contribution in [0, 0.1) is 0 Å². The Morgan fingerprint density at radius 1 is 1.00 bits per heavy atom. The van der Waals surface area contributed by atoms with Crippen LogP contribution in [0.5, 0.6) is 0 Å². The number of nitrogens with zero attached hydrogens (tertiary/aromatic N) is 3. The number of fused-ring (bicyclic) bond motifs is 1. The Hall–Kier alpha value is -2.61. The average molecular weight is 456 g/mol. The third kappa shape index (κ3) is 5.06. The Bertz CT molecular complexity index is 990. The molecule has 0 aliphatic carbocycles. The Morgan fingerprint density at radius 2 is 1.75 bits per heavy atom. The van der Waals surface area contributed by atoms with E-state index in [1.165, 1.54) is 16.8 Å². The molecule has 2 heterocycles. The van der Waals surface area contributed by atoms with E-state index < -0.39 is 11.8 Å². The largest absolute Gasteiger partial charge is 0.374 e. The predicted molar refractivity (Wildman–Crippen MR) is 128 cm³/mol. The molecule has 2 aliphatic heterocycles. The molecule has 2 aromatic rings. The molecule has 32 heavy (non-hydrogen) atoms. The molecule has 0 radical (unpaired) electrons. The molecule has 0 unspecified atom stereocenters. The molecule has 2 N–H and O–H groups in total. The number of carbonyl (C=O) groups is 2. The Kier molecular flexibility index (Phi) is 6.98. The van der Waals surface area contributed by atoms with Gasteiger partial charge in [0.25, 0.3) is 0 Å². The summed E-state index contributed by atoms with van der Waals surface area (Å²) in [5.41, 5.74) is 4.21. The number of hydrogen-bond donors (Lipinski definition) is 2. The summed E-state index contributed by atoms with van der Waals surface area (Å²) in [6, 6.07) is 13.5. The van der Waals surface area contributed by atoms with Gasteiger partial charge in [0.05, 0.1) is 16.8 Å². The fraction of sp³-hybridized carbons (Fsp3) is 0.417. The van der Waals surface area contributed by atoms with Crippen LogP contribution in [0.1, 0.15) is 17.2 Å². The van der Waals surface area contributed by atoms with Crippen LogP contribution >= 0.6 is 11.6 Å². The summed E-state index contributed by atoms with van der Waals surface area (Å²) >= 11 is 6.09. The second-order valence-electron chi connectivity index (χ2n) is 8.56. The summed E-state index contributed by atoms with van der Waals surface area (Å²) in [5.74, 6) is -1.38. The molecule has 4 rings (SSSR count). The quantitative estimate of drug-likeness (QED) is 0.677. The normalized spacial score (nSPS) is 17.7. The molecule has 1 saturated heterocycles. The summed E-state index contributed by atoms with van der Waals surface area (Å²) in [6.07, 6.45) is 1.03. The number of anilines is 2. The molecular formula is C24H30ClN5O2. The SMILES string of the molecule is CN1CCN([C@@H](CNC(=O)C(=O)Nc2ccccc2Cl)c2ccc3c(c2)CCN3C)CC1. The maximum absolute atomic E-state index is 12.6. The number of benzene rings is 2. The van der Waals surface area contributed by atoms with Gasteiger partial charge in [-0.1, -0.05) is 35.9 Å². The van der Waals surface area contributed by atoms with Gasteiger partial charge in [0, 0.05) is 52.0 Å². The van der Waals surface area contributed by atoms with Crippen molar-refractivity contribution in [1.82, 2.24) is 15.1 Å². The van der Waals surface area contributed by atoms with Crippen LogP contribution in [0.2, 0.25) is 5.02 Å².